The molecule has 2 rings (SSSR count). The van der Waals surface area contributed by atoms with Crippen LogP contribution < -0.4 is 5.73 Å². The van der Waals surface area contributed by atoms with Crippen LogP contribution >= 0.6 is 0 Å². The van der Waals surface area contributed by atoms with Crippen LogP contribution in [-0.2, 0) is 12.8 Å². The van der Waals surface area contributed by atoms with Gasteiger partial charge in [-0.2, -0.15) is 0 Å². The van der Waals surface area contributed by atoms with E-state index >= 15 is 0 Å². The minimum atomic E-state index is 0.211. The van der Waals surface area contributed by atoms with Crippen molar-refractivity contribution in [1.29, 1.82) is 0 Å². The molecule has 0 aliphatic heterocycles. The molecule has 80 valence electrons. The van der Waals surface area contributed by atoms with Gasteiger partial charge in [0.05, 0.1) is 0 Å². The molecule has 0 heterocycles. The largest absolute Gasteiger partial charge is 0.324 e. The molecule has 0 bridgehead atoms. The molecule has 0 amide bonds. The molecule has 0 fully saturated rings. The van der Waals surface area contributed by atoms with Crippen molar-refractivity contribution in [2.24, 2.45) is 11.7 Å². The SMILES string of the molecule is CC(C)=CC(N)C1Cc2ccccc2C1. The molecule has 0 saturated heterocycles. The predicted molar refractivity (Wildman–Crippen MR) is 64.7 cm³/mol. The second-order valence-corrected chi connectivity index (χ2v) is 4.76. The average molecular weight is 201 g/mol. The number of hydrogen-bond donors (Lipinski definition) is 1. The van der Waals surface area contributed by atoms with Crippen LogP contribution in [0.3, 0.4) is 0 Å². The van der Waals surface area contributed by atoms with Gasteiger partial charge in [0.1, 0.15) is 0 Å². The third kappa shape index (κ3) is 2.29. The van der Waals surface area contributed by atoms with Crippen molar-refractivity contribution in [1.82, 2.24) is 0 Å². The summed E-state index contributed by atoms with van der Waals surface area (Å²) in [6, 6.07) is 8.90. The van der Waals surface area contributed by atoms with Crippen molar-refractivity contribution in [2.45, 2.75) is 32.7 Å². The van der Waals surface area contributed by atoms with Gasteiger partial charge in [0, 0.05) is 6.04 Å². The molecule has 1 aromatic rings. The van der Waals surface area contributed by atoms with Crippen LogP contribution in [-0.4, -0.2) is 6.04 Å². The summed E-state index contributed by atoms with van der Waals surface area (Å²) in [5, 5.41) is 0. The van der Waals surface area contributed by atoms with Crippen LogP contribution in [0.4, 0.5) is 0 Å². The third-order valence-electron chi connectivity index (χ3n) is 3.15. The van der Waals surface area contributed by atoms with E-state index in [4.69, 9.17) is 5.73 Å². The lowest BCUT2D eigenvalue weighted by Crippen LogP contribution is -2.28. The van der Waals surface area contributed by atoms with E-state index in [0.717, 1.165) is 12.8 Å². The van der Waals surface area contributed by atoms with E-state index in [9.17, 15) is 0 Å². The molecule has 2 N–H and O–H groups in total. The number of hydrogen-bond acceptors (Lipinski definition) is 1. The zero-order valence-electron chi connectivity index (χ0n) is 9.53. The van der Waals surface area contributed by atoms with E-state index in [0.29, 0.717) is 5.92 Å². The van der Waals surface area contributed by atoms with Crippen molar-refractivity contribution < 1.29 is 0 Å². The molecular weight excluding hydrogens is 182 g/mol. The molecule has 15 heavy (non-hydrogen) atoms. The number of fused-ring (bicyclic) bond motifs is 1. The molecule has 1 unspecified atom stereocenters. The molecule has 0 spiro atoms. The van der Waals surface area contributed by atoms with Gasteiger partial charge in [-0.25, -0.2) is 0 Å². The summed E-state index contributed by atoms with van der Waals surface area (Å²) in [5.41, 5.74) is 10.5. The highest BCUT2D eigenvalue weighted by Gasteiger charge is 2.24. The minimum absolute atomic E-state index is 0.211. The lowest BCUT2D eigenvalue weighted by atomic mass is 9.96. The van der Waals surface area contributed by atoms with Gasteiger partial charge in [-0.15, -0.1) is 0 Å². The summed E-state index contributed by atoms with van der Waals surface area (Å²) in [6.45, 7) is 4.23. The summed E-state index contributed by atoms with van der Waals surface area (Å²) in [5.74, 6) is 0.595. The Bertz CT molecular complexity index is 350. The predicted octanol–water partition coefficient (Wildman–Crippen LogP) is 2.69. The summed E-state index contributed by atoms with van der Waals surface area (Å²) in [7, 11) is 0. The second kappa shape index (κ2) is 4.19. The standard InChI is InChI=1S/C14H19N/c1-10(2)7-14(15)13-8-11-5-3-4-6-12(11)9-13/h3-7,13-14H,8-9,15H2,1-2H3. The van der Waals surface area contributed by atoms with Crippen LogP contribution in [0.2, 0.25) is 0 Å². The van der Waals surface area contributed by atoms with E-state index in [1.807, 2.05) is 0 Å². The first-order valence-electron chi connectivity index (χ1n) is 5.64. The van der Waals surface area contributed by atoms with Crippen molar-refractivity contribution in [2.75, 3.05) is 0 Å². The van der Waals surface area contributed by atoms with Crippen LogP contribution in [0.15, 0.2) is 35.9 Å². The fourth-order valence-corrected chi connectivity index (χ4v) is 2.39. The Kier molecular flexibility index (Phi) is 2.92. The number of nitrogens with two attached hydrogens (primary N) is 1. The van der Waals surface area contributed by atoms with Gasteiger partial charge >= 0.3 is 0 Å². The van der Waals surface area contributed by atoms with Crippen LogP contribution in [0.1, 0.15) is 25.0 Å². The van der Waals surface area contributed by atoms with Crippen molar-refractivity contribution >= 4 is 0 Å². The third-order valence-corrected chi connectivity index (χ3v) is 3.15. The highest BCUT2D eigenvalue weighted by molar-refractivity contribution is 5.33. The Hall–Kier alpha value is -1.08. The fourth-order valence-electron chi connectivity index (χ4n) is 2.39. The molecule has 1 aromatic carbocycles. The fraction of sp³-hybridized carbons (Fsp3) is 0.429. The first-order chi connectivity index (χ1) is 7.16. The molecule has 1 aliphatic rings. The van der Waals surface area contributed by atoms with Gasteiger partial charge in [0.15, 0.2) is 0 Å². The Morgan fingerprint density at radius 1 is 1.27 bits per heavy atom. The van der Waals surface area contributed by atoms with Crippen molar-refractivity contribution in [3.63, 3.8) is 0 Å². The van der Waals surface area contributed by atoms with E-state index < -0.39 is 0 Å². The molecule has 1 nitrogen and oxygen atoms in total. The summed E-state index contributed by atoms with van der Waals surface area (Å²) in [6.07, 6.45) is 4.47. The number of rotatable bonds is 2. The normalized spacial score (nSPS) is 17.3. The minimum Gasteiger partial charge on any atom is -0.324 e. The molecule has 1 aliphatic carbocycles. The molecule has 1 heteroatoms. The van der Waals surface area contributed by atoms with Gasteiger partial charge in [-0.3, -0.25) is 0 Å². The maximum Gasteiger partial charge on any atom is 0.0261 e. The summed E-state index contributed by atoms with van der Waals surface area (Å²) in [4.78, 5) is 0. The lowest BCUT2D eigenvalue weighted by molar-refractivity contribution is 0.499. The smallest absolute Gasteiger partial charge is 0.0261 e. The molecule has 0 radical (unpaired) electrons. The molecular formula is C14H19N. The maximum atomic E-state index is 6.18. The van der Waals surface area contributed by atoms with Gasteiger partial charge in [-0.05, 0) is 43.7 Å². The highest BCUT2D eigenvalue weighted by Crippen LogP contribution is 2.28. The topological polar surface area (TPSA) is 26.0 Å². The van der Waals surface area contributed by atoms with E-state index in [-0.39, 0.29) is 6.04 Å². The van der Waals surface area contributed by atoms with Crippen LogP contribution in [0, 0.1) is 5.92 Å². The van der Waals surface area contributed by atoms with Crippen LogP contribution in [0.25, 0.3) is 0 Å². The first kappa shape index (κ1) is 10.4. The monoisotopic (exact) mass is 201 g/mol. The molecule has 0 aromatic heterocycles. The van der Waals surface area contributed by atoms with Gasteiger partial charge in [0.25, 0.3) is 0 Å². The Morgan fingerprint density at radius 2 is 1.80 bits per heavy atom. The second-order valence-electron chi connectivity index (χ2n) is 4.76. The van der Waals surface area contributed by atoms with Crippen molar-refractivity contribution in [3.8, 4) is 0 Å². The van der Waals surface area contributed by atoms with Gasteiger partial charge < -0.3 is 5.73 Å². The number of allylic oxidation sites excluding steroid dienone is 1. The Morgan fingerprint density at radius 3 is 2.27 bits per heavy atom. The quantitative estimate of drug-likeness (QED) is 0.731. The van der Waals surface area contributed by atoms with E-state index in [1.54, 1.807) is 0 Å². The zero-order chi connectivity index (χ0) is 10.8. The Labute approximate surface area is 92.0 Å². The van der Waals surface area contributed by atoms with Crippen LogP contribution in [0.5, 0.6) is 0 Å². The summed E-state index contributed by atoms with van der Waals surface area (Å²) < 4.78 is 0. The lowest BCUT2D eigenvalue weighted by Gasteiger charge is -2.15. The van der Waals surface area contributed by atoms with Crippen molar-refractivity contribution in [3.05, 3.63) is 47.0 Å². The molecule has 0 saturated carbocycles. The van der Waals surface area contributed by atoms with E-state index in [1.165, 1.54) is 16.7 Å². The zero-order valence-corrected chi connectivity index (χ0v) is 9.53. The van der Waals surface area contributed by atoms with Gasteiger partial charge in [-0.1, -0.05) is 35.9 Å². The Balaban J connectivity index is 2.10. The highest BCUT2D eigenvalue weighted by atomic mass is 14.6. The molecule has 1 atom stereocenters. The maximum absolute atomic E-state index is 6.18. The summed E-state index contributed by atoms with van der Waals surface area (Å²) >= 11 is 0. The number of benzene rings is 1. The first-order valence-corrected chi connectivity index (χ1v) is 5.64. The van der Waals surface area contributed by atoms with E-state index in [2.05, 4.69) is 44.2 Å². The van der Waals surface area contributed by atoms with Gasteiger partial charge in [0.2, 0.25) is 0 Å². The average Bonchev–Trinajstić information content (AvgIpc) is 2.59.